The maximum atomic E-state index is 11.7. The number of esters is 1. The van der Waals surface area contributed by atoms with E-state index in [9.17, 15) is 4.79 Å². The molecule has 0 aliphatic carbocycles. The molecule has 0 spiro atoms. The van der Waals surface area contributed by atoms with Gasteiger partial charge in [0.05, 0.1) is 6.10 Å². The number of hydrogen-bond donors (Lipinski definition) is 1. The highest BCUT2D eigenvalue weighted by molar-refractivity contribution is 5.76. The monoisotopic (exact) mass is 215 g/mol. The topological polar surface area (TPSA) is 47.6 Å². The lowest BCUT2D eigenvalue weighted by Gasteiger charge is -2.22. The smallest absolute Gasteiger partial charge is 0.323 e. The Morgan fingerprint density at radius 1 is 1.47 bits per heavy atom. The van der Waals surface area contributed by atoms with Crippen molar-refractivity contribution in [1.29, 1.82) is 0 Å². The predicted octanol–water partition coefficient (Wildman–Crippen LogP) is 1.10. The van der Waals surface area contributed by atoms with Crippen LogP contribution >= 0.6 is 0 Å². The molecule has 1 fully saturated rings. The highest BCUT2D eigenvalue weighted by Gasteiger charge is 2.32. The lowest BCUT2D eigenvalue weighted by molar-refractivity contribution is -0.157. The summed E-state index contributed by atoms with van der Waals surface area (Å²) in [5, 5.41) is 3.11. The SMILES string of the molecule is CCO[C@H]1CN[C@H](C(=O)OC(C)(C)C)C1. The summed E-state index contributed by atoms with van der Waals surface area (Å²) in [7, 11) is 0. The third-order valence-corrected chi connectivity index (χ3v) is 2.18. The van der Waals surface area contributed by atoms with Gasteiger partial charge in [0.15, 0.2) is 0 Å². The Balaban J connectivity index is 2.37. The van der Waals surface area contributed by atoms with Crippen LogP contribution in [0.3, 0.4) is 0 Å². The van der Waals surface area contributed by atoms with E-state index in [0.717, 1.165) is 6.54 Å². The van der Waals surface area contributed by atoms with Crippen molar-refractivity contribution < 1.29 is 14.3 Å². The molecular weight excluding hydrogens is 194 g/mol. The molecule has 0 saturated carbocycles. The van der Waals surface area contributed by atoms with E-state index >= 15 is 0 Å². The van der Waals surface area contributed by atoms with Crippen molar-refractivity contribution >= 4 is 5.97 Å². The summed E-state index contributed by atoms with van der Waals surface area (Å²) in [6.07, 6.45) is 0.857. The molecule has 0 aromatic carbocycles. The molecule has 0 aromatic heterocycles. The molecule has 15 heavy (non-hydrogen) atoms. The fraction of sp³-hybridized carbons (Fsp3) is 0.909. The summed E-state index contributed by atoms with van der Waals surface area (Å²) in [6, 6.07) is -0.208. The van der Waals surface area contributed by atoms with Crippen LogP contribution in [0.15, 0.2) is 0 Å². The minimum atomic E-state index is -0.414. The van der Waals surface area contributed by atoms with Gasteiger partial charge in [-0.15, -0.1) is 0 Å². The fourth-order valence-corrected chi connectivity index (χ4v) is 1.62. The highest BCUT2D eigenvalue weighted by Crippen LogP contribution is 2.15. The maximum absolute atomic E-state index is 11.7. The standard InChI is InChI=1S/C11H21NO3/c1-5-14-8-6-9(12-7-8)10(13)15-11(2,3)4/h8-9,12H,5-7H2,1-4H3/t8-,9+/m1/s1. The number of carbonyl (C=O) groups excluding carboxylic acids is 1. The van der Waals surface area contributed by atoms with Gasteiger partial charge < -0.3 is 14.8 Å². The Hall–Kier alpha value is -0.610. The predicted molar refractivity (Wildman–Crippen MR) is 57.7 cm³/mol. The second-order valence-corrected chi connectivity index (χ2v) is 4.81. The summed E-state index contributed by atoms with van der Waals surface area (Å²) >= 11 is 0. The first kappa shape index (κ1) is 12.5. The average Bonchev–Trinajstić information content (AvgIpc) is 2.50. The van der Waals surface area contributed by atoms with Gasteiger partial charge in [-0.1, -0.05) is 0 Å². The molecule has 2 atom stereocenters. The summed E-state index contributed by atoms with van der Waals surface area (Å²) in [4.78, 5) is 11.7. The van der Waals surface area contributed by atoms with E-state index in [0.29, 0.717) is 13.0 Å². The average molecular weight is 215 g/mol. The van der Waals surface area contributed by atoms with Crippen LogP contribution in [0.4, 0.5) is 0 Å². The Bertz CT molecular complexity index is 222. The second-order valence-electron chi connectivity index (χ2n) is 4.81. The summed E-state index contributed by atoms with van der Waals surface area (Å²) in [5.74, 6) is -0.176. The molecular formula is C11H21NO3. The van der Waals surface area contributed by atoms with E-state index in [1.165, 1.54) is 0 Å². The number of ether oxygens (including phenoxy) is 2. The zero-order valence-electron chi connectivity index (χ0n) is 10.0. The van der Waals surface area contributed by atoms with E-state index in [2.05, 4.69) is 5.32 Å². The third kappa shape index (κ3) is 4.18. The van der Waals surface area contributed by atoms with Gasteiger partial charge in [0.1, 0.15) is 11.6 Å². The van der Waals surface area contributed by atoms with Gasteiger partial charge in [0.2, 0.25) is 0 Å². The molecule has 1 aliphatic heterocycles. The molecule has 0 amide bonds. The molecule has 1 saturated heterocycles. The van der Waals surface area contributed by atoms with Gasteiger partial charge in [-0.05, 0) is 27.7 Å². The highest BCUT2D eigenvalue weighted by atomic mass is 16.6. The minimum Gasteiger partial charge on any atom is -0.459 e. The van der Waals surface area contributed by atoms with Crippen LogP contribution in [0.1, 0.15) is 34.1 Å². The maximum Gasteiger partial charge on any atom is 0.323 e. The molecule has 88 valence electrons. The lowest BCUT2D eigenvalue weighted by Crippen LogP contribution is -2.37. The zero-order valence-corrected chi connectivity index (χ0v) is 10.0. The van der Waals surface area contributed by atoms with Crippen LogP contribution in [-0.2, 0) is 14.3 Å². The van der Waals surface area contributed by atoms with Crippen LogP contribution in [0.5, 0.6) is 0 Å². The second kappa shape index (κ2) is 4.94. The van der Waals surface area contributed by atoms with Crippen molar-refractivity contribution in [2.45, 2.75) is 51.9 Å². The first-order valence-electron chi connectivity index (χ1n) is 5.50. The van der Waals surface area contributed by atoms with Crippen molar-refractivity contribution in [2.75, 3.05) is 13.2 Å². The Morgan fingerprint density at radius 2 is 2.13 bits per heavy atom. The fourth-order valence-electron chi connectivity index (χ4n) is 1.62. The van der Waals surface area contributed by atoms with Gasteiger partial charge in [-0.3, -0.25) is 4.79 Å². The van der Waals surface area contributed by atoms with Crippen LogP contribution in [0.25, 0.3) is 0 Å². The first-order valence-corrected chi connectivity index (χ1v) is 5.50. The van der Waals surface area contributed by atoms with Gasteiger partial charge in [-0.2, -0.15) is 0 Å². The molecule has 4 heteroatoms. The van der Waals surface area contributed by atoms with Crippen molar-refractivity contribution in [3.63, 3.8) is 0 Å². The van der Waals surface area contributed by atoms with E-state index in [1.807, 2.05) is 27.7 Å². The van der Waals surface area contributed by atoms with Crippen molar-refractivity contribution in [3.8, 4) is 0 Å². The van der Waals surface area contributed by atoms with Gasteiger partial charge >= 0.3 is 5.97 Å². The van der Waals surface area contributed by atoms with Crippen molar-refractivity contribution in [1.82, 2.24) is 5.32 Å². The molecule has 1 aliphatic rings. The number of hydrogen-bond acceptors (Lipinski definition) is 4. The molecule has 1 N–H and O–H groups in total. The van der Waals surface area contributed by atoms with E-state index in [-0.39, 0.29) is 18.1 Å². The molecule has 0 radical (unpaired) electrons. The Kier molecular flexibility index (Phi) is 4.11. The largest absolute Gasteiger partial charge is 0.459 e. The summed E-state index contributed by atoms with van der Waals surface area (Å²) in [5.41, 5.74) is -0.414. The molecule has 0 unspecified atom stereocenters. The molecule has 1 heterocycles. The number of carbonyl (C=O) groups is 1. The van der Waals surface area contributed by atoms with Crippen molar-refractivity contribution in [3.05, 3.63) is 0 Å². The number of rotatable bonds is 3. The summed E-state index contributed by atoms with van der Waals surface area (Å²) < 4.78 is 10.7. The number of nitrogens with one attached hydrogen (secondary N) is 1. The van der Waals surface area contributed by atoms with Crippen LogP contribution in [0.2, 0.25) is 0 Å². The quantitative estimate of drug-likeness (QED) is 0.716. The first-order chi connectivity index (χ1) is 6.92. The Morgan fingerprint density at radius 3 is 2.67 bits per heavy atom. The van der Waals surface area contributed by atoms with Crippen LogP contribution in [-0.4, -0.2) is 36.9 Å². The van der Waals surface area contributed by atoms with E-state index in [1.54, 1.807) is 0 Å². The summed E-state index contributed by atoms with van der Waals surface area (Å²) in [6.45, 7) is 9.01. The zero-order chi connectivity index (χ0) is 11.5. The van der Waals surface area contributed by atoms with Gasteiger partial charge in [0, 0.05) is 19.6 Å². The Labute approximate surface area is 91.3 Å². The van der Waals surface area contributed by atoms with Gasteiger partial charge in [-0.25, -0.2) is 0 Å². The van der Waals surface area contributed by atoms with Crippen LogP contribution in [0, 0.1) is 0 Å². The molecule has 1 rings (SSSR count). The third-order valence-electron chi connectivity index (χ3n) is 2.18. The normalized spacial score (nSPS) is 26.7. The lowest BCUT2D eigenvalue weighted by atomic mass is 10.1. The molecule has 0 bridgehead atoms. The molecule has 0 aromatic rings. The molecule has 4 nitrogen and oxygen atoms in total. The van der Waals surface area contributed by atoms with Crippen LogP contribution < -0.4 is 5.32 Å². The minimum absolute atomic E-state index is 0.146. The van der Waals surface area contributed by atoms with E-state index in [4.69, 9.17) is 9.47 Å². The van der Waals surface area contributed by atoms with E-state index < -0.39 is 5.60 Å². The van der Waals surface area contributed by atoms with Crippen molar-refractivity contribution in [2.24, 2.45) is 0 Å². The van der Waals surface area contributed by atoms with Gasteiger partial charge in [0.25, 0.3) is 0 Å².